The van der Waals surface area contributed by atoms with Crippen molar-refractivity contribution in [1.82, 2.24) is 9.91 Å². The number of fused-ring (bicyclic) bond motifs is 1. The molecule has 0 aliphatic carbocycles. The second kappa shape index (κ2) is 4.31. The lowest BCUT2D eigenvalue weighted by Gasteiger charge is -2.38. The zero-order valence-corrected chi connectivity index (χ0v) is 10.5. The van der Waals surface area contributed by atoms with Crippen LogP contribution in [0.15, 0.2) is 5.10 Å². The van der Waals surface area contributed by atoms with Crippen LogP contribution >= 0.6 is 11.8 Å². The molecule has 1 fully saturated rings. The van der Waals surface area contributed by atoms with Crippen molar-refractivity contribution in [3.05, 3.63) is 0 Å². The van der Waals surface area contributed by atoms with Gasteiger partial charge in [-0.2, -0.15) is 5.10 Å². The van der Waals surface area contributed by atoms with Crippen molar-refractivity contribution in [1.29, 1.82) is 0 Å². The van der Waals surface area contributed by atoms with E-state index in [2.05, 4.69) is 35.4 Å². The maximum Gasteiger partial charge on any atom is 0.112 e. The van der Waals surface area contributed by atoms with Gasteiger partial charge in [0.1, 0.15) is 5.04 Å². The van der Waals surface area contributed by atoms with Gasteiger partial charge in [0, 0.05) is 12.6 Å². The second-order valence-electron chi connectivity index (χ2n) is 4.54. The maximum absolute atomic E-state index is 6.19. The third-order valence-corrected chi connectivity index (χ3v) is 4.23. The minimum atomic E-state index is 0.128. The van der Waals surface area contributed by atoms with E-state index in [9.17, 15) is 0 Å². The van der Waals surface area contributed by atoms with E-state index in [-0.39, 0.29) is 6.04 Å². The summed E-state index contributed by atoms with van der Waals surface area (Å²) in [4.78, 5) is 2.31. The van der Waals surface area contributed by atoms with E-state index in [0.717, 1.165) is 18.0 Å². The van der Waals surface area contributed by atoms with Crippen LogP contribution in [0, 0.1) is 0 Å². The summed E-state index contributed by atoms with van der Waals surface area (Å²) in [6.07, 6.45) is 4.39. The monoisotopic (exact) mass is 228 g/mol. The van der Waals surface area contributed by atoms with Crippen LogP contribution < -0.4 is 5.73 Å². The van der Waals surface area contributed by atoms with Crippen molar-refractivity contribution in [3.8, 4) is 0 Å². The Bertz CT molecular complexity index is 266. The van der Waals surface area contributed by atoms with Crippen molar-refractivity contribution < 1.29 is 0 Å². The van der Waals surface area contributed by atoms with Crippen molar-refractivity contribution in [2.45, 2.75) is 31.0 Å². The van der Waals surface area contributed by atoms with Crippen molar-refractivity contribution >= 4 is 16.8 Å². The zero-order chi connectivity index (χ0) is 11.0. The summed E-state index contributed by atoms with van der Waals surface area (Å²) in [5, 5.41) is 7.86. The van der Waals surface area contributed by atoms with Crippen molar-refractivity contribution in [2.75, 3.05) is 26.9 Å². The normalized spacial score (nSPS) is 35.7. The molecule has 4 nitrogen and oxygen atoms in total. The molecule has 5 heteroatoms. The van der Waals surface area contributed by atoms with Crippen LogP contribution in [0.3, 0.4) is 0 Å². The number of nitrogens with two attached hydrogens (primary N) is 1. The van der Waals surface area contributed by atoms with Gasteiger partial charge in [0.25, 0.3) is 0 Å². The van der Waals surface area contributed by atoms with E-state index in [1.54, 1.807) is 11.8 Å². The van der Waals surface area contributed by atoms with E-state index in [1.807, 2.05) is 0 Å². The highest BCUT2D eigenvalue weighted by molar-refractivity contribution is 8.13. The molecule has 2 aliphatic heterocycles. The number of nitrogens with zero attached hydrogens (tertiary/aromatic N) is 3. The average molecular weight is 228 g/mol. The molecule has 2 N–H and O–H groups in total. The molecule has 3 unspecified atom stereocenters. The predicted octanol–water partition coefficient (Wildman–Crippen LogP) is 0.398. The van der Waals surface area contributed by atoms with Gasteiger partial charge in [0.2, 0.25) is 0 Å². The van der Waals surface area contributed by atoms with Crippen molar-refractivity contribution in [3.63, 3.8) is 0 Å². The average Bonchev–Trinajstić information content (AvgIpc) is 2.55. The Labute approximate surface area is 95.9 Å². The fourth-order valence-corrected chi connectivity index (χ4v) is 3.04. The molecule has 0 spiro atoms. The molecule has 0 bridgehead atoms. The Morgan fingerprint density at radius 3 is 2.87 bits per heavy atom. The number of hydrogen-bond acceptors (Lipinski definition) is 5. The van der Waals surface area contributed by atoms with Crippen LogP contribution in [0.25, 0.3) is 0 Å². The number of hydrazone groups is 1. The standard InChI is InChI=1S/C10H20N4S/c1-13(2)7-4-5-14-8(6-7)9(11)10(12-14)15-3/h7-9H,4-6,11H2,1-3H3. The van der Waals surface area contributed by atoms with E-state index >= 15 is 0 Å². The number of hydrogen-bond donors (Lipinski definition) is 1. The molecule has 0 aromatic carbocycles. The largest absolute Gasteiger partial charge is 0.320 e. The summed E-state index contributed by atoms with van der Waals surface area (Å²) < 4.78 is 0. The Balaban J connectivity index is 2.05. The van der Waals surface area contributed by atoms with Crippen LogP contribution in [0.1, 0.15) is 12.8 Å². The molecule has 0 amide bonds. The van der Waals surface area contributed by atoms with Crippen molar-refractivity contribution in [2.24, 2.45) is 10.8 Å². The van der Waals surface area contributed by atoms with Gasteiger partial charge >= 0.3 is 0 Å². The van der Waals surface area contributed by atoms with E-state index in [0.29, 0.717) is 12.1 Å². The minimum absolute atomic E-state index is 0.128. The fraction of sp³-hybridized carbons (Fsp3) is 0.900. The molecule has 86 valence electrons. The Hall–Kier alpha value is -0.260. The summed E-state index contributed by atoms with van der Waals surface area (Å²) >= 11 is 1.69. The molecular weight excluding hydrogens is 208 g/mol. The van der Waals surface area contributed by atoms with Crippen LogP contribution in [0.2, 0.25) is 0 Å². The molecule has 2 aliphatic rings. The third kappa shape index (κ3) is 2.00. The molecular formula is C10H20N4S. The molecule has 0 aromatic heterocycles. The highest BCUT2D eigenvalue weighted by atomic mass is 32.2. The lowest BCUT2D eigenvalue weighted by atomic mass is 9.94. The third-order valence-electron chi connectivity index (χ3n) is 3.45. The molecule has 3 atom stereocenters. The van der Waals surface area contributed by atoms with Gasteiger partial charge in [-0.05, 0) is 33.2 Å². The Morgan fingerprint density at radius 2 is 2.27 bits per heavy atom. The quantitative estimate of drug-likeness (QED) is 0.705. The first kappa shape index (κ1) is 11.2. The van der Waals surface area contributed by atoms with Gasteiger partial charge < -0.3 is 10.6 Å². The van der Waals surface area contributed by atoms with Crippen LogP contribution in [-0.4, -0.2) is 60.0 Å². The molecule has 2 heterocycles. The molecule has 1 saturated heterocycles. The summed E-state index contributed by atoms with van der Waals surface area (Å²) in [5.41, 5.74) is 6.19. The SMILES string of the molecule is CSC1=NN2CCC(N(C)C)CC2C1N. The number of thioether (sulfide) groups is 1. The predicted molar refractivity (Wildman–Crippen MR) is 66.1 cm³/mol. The van der Waals surface area contributed by atoms with Crippen LogP contribution in [0.5, 0.6) is 0 Å². The Kier molecular flexibility index (Phi) is 3.23. The van der Waals surface area contributed by atoms with Gasteiger partial charge in [-0.1, -0.05) is 0 Å². The lowest BCUT2D eigenvalue weighted by molar-refractivity contribution is 0.100. The van der Waals surface area contributed by atoms with Gasteiger partial charge in [0.15, 0.2) is 0 Å². The smallest absolute Gasteiger partial charge is 0.112 e. The zero-order valence-electron chi connectivity index (χ0n) is 9.68. The van der Waals surface area contributed by atoms with Crippen LogP contribution in [0.4, 0.5) is 0 Å². The van der Waals surface area contributed by atoms with Gasteiger partial charge in [-0.3, -0.25) is 5.01 Å². The second-order valence-corrected chi connectivity index (χ2v) is 5.37. The first-order chi connectivity index (χ1) is 7.13. The van der Waals surface area contributed by atoms with E-state index in [1.165, 1.54) is 6.42 Å². The summed E-state index contributed by atoms with van der Waals surface area (Å²) in [6, 6.07) is 1.21. The summed E-state index contributed by atoms with van der Waals surface area (Å²) in [5.74, 6) is 0. The Morgan fingerprint density at radius 1 is 1.53 bits per heavy atom. The topological polar surface area (TPSA) is 44.9 Å². The molecule has 0 radical (unpaired) electrons. The summed E-state index contributed by atoms with van der Waals surface area (Å²) in [7, 11) is 4.30. The van der Waals surface area contributed by atoms with Gasteiger partial charge in [-0.25, -0.2) is 0 Å². The molecule has 2 rings (SSSR count). The molecule has 0 aromatic rings. The number of piperidine rings is 1. The highest BCUT2D eigenvalue weighted by Crippen LogP contribution is 2.29. The first-order valence-electron chi connectivity index (χ1n) is 5.44. The number of rotatable bonds is 1. The first-order valence-corrected chi connectivity index (χ1v) is 6.67. The van der Waals surface area contributed by atoms with Crippen LogP contribution in [-0.2, 0) is 0 Å². The van der Waals surface area contributed by atoms with Gasteiger partial charge in [-0.15, -0.1) is 11.8 Å². The maximum atomic E-state index is 6.19. The lowest BCUT2D eigenvalue weighted by Crippen LogP contribution is -2.51. The summed E-state index contributed by atoms with van der Waals surface area (Å²) in [6.45, 7) is 1.05. The molecule has 15 heavy (non-hydrogen) atoms. The highest BCUT2D eigenvalue weighted by Gasteiger charge is 2.39. The van der Waals surface area contributed by atoms with Gasteiger partial charge in [0.05, 0.1) is 12.1 Å². The minimum Gasteiger partial charge on any atom is -0.320 e. The molecule has 0 saturated carbocycles. The fourth-order valence-electron chi connectivity index (χ4n) is 2.43. The van der Waals surface area contributed by atoms with E-state index in [4.69, 9.17) is 5.73 Å². The van der Waals surface area contributed by atoms with E-state index < -0.39 is 0 Å².